The van der Waals surface area contributed by atoms with E-state index >= 15 is 0 Å². The monoisotopic (exact) mass is 318 g/mol. The summed E-state index contributed by atoms with van der Waals surface area (Å²) in [4.78, 5) is 0. The third-order valence-corrected chi connectivity index (χ3v) is 9.24. The van der Waals surface area contributed by atoms with Gasteiger partial charge in [0.2, 0.25) is 0 Å². The Morgan fingerprint density at radius 3 is 1.95 bits per heavy atom. The normalized spacial score (nSPS) is 15.1. The van der Waals surface area contributed by atoms with E-state index in [1.807, 2.05) is 0 Å². The largest absolute Gasteiger partial charge is 0.502 e. The maximum Gasteiger partial charge on any atom is 0.192 e. The van der Waals surface area contributed by atoms with Crippen LogP contribution in [0, 0.1) is 0 Å². The Kier molecular flexibility index (Phi) is 7.21. The van der Waals surface area contributed by atoms with E-state index < -0.39 is 16.6 Å². The van der Waals surface area contributed by atoms with E-state index in [9.17, 15) is 0 Å². The van der Waals surface area contributed by atoms with E-state index in [1.165, 1.54) is 0 Å². The van der Waals surface area contributed by atoms with Crippen molar-refractivity contribution in [3.8, 4) is 0 Å². The van der Waals surface area contributed by atoms with Crippen LogP contribution in [0.25, 0.3) is 0 Å². The molecule has 0 spiro atoms. The van der Waals surface area contributed by atoms with Crippen molar-refractivity contribution in [1.82, 2.24) is 0 Å². The molecule has 0 amide bonds. The summed E-state index contributed by atoms with van der Waals surface area (Å²) in [6, 6.07) is 0. The fraction of sp³-hybridized carbons (Fsp3) is 0.867. The molecule has 0 N–H and O–H groups in total. The minimum atomic E-state index is -1.74. The Bertz CT molecular complexity index is 314. The number of methoxy groups -OCH3 is 1. The maximum absolute atomic E-state index is 6.29. The van der Waals surface area contributed by atoms with E-state index in [2.05, 4.69) is 60.1 Å². The second-order valence-electron chi connectivity index (χ2n) is 7.87. The van der Waals surface area contributed by atoms with Gasteiger partial charge in [0.1, 0.15) is 0 Å². The van der Waals surface area contributed by atoms with Crippen LogP contribution in [0.4, 0.5) is 0 Å². The van der Waals surface area contributed by atoms with Crippen LogP contribution in [0.1, 0.15) is 27.2 Å². The van der Waals surface area contributed by atoms with Crippen molar-refractivity contribution in [3.63, 3.8) is 0 Å². The molecule has 0 saturated heterocycles. The fourth-order valence-corrected chi connectivity index (χ4v) is 3.68. The van der Waals surface area contributed by atoms with Gasteiger partial charge in [-0.2, -0.15) is 0 Å². The minimum absolute atomic E-state index is 0.0447. The molecule has 0 bridgehead atoms. The molecule has 0 aromatic carbocycles. The second-order valence-corrected chi connectivity index (χ2v) is 17.1. The van der Waals surface area contributed by atoms with Crippen molar-refractivity contribution in [3.05, 3.63) is 12.3 Å². The highest BCUT2D eigenvalue weighted by atomic mass is 28.4. The van der Waals surface area contributed by atoms with E-state index in [-0.39, 0.29) is 11.1 Å². The standard InChI is InChI=1S/C15H34O3Si2/c1-13(16-5)11-14(18-19(6,7)8)12-17-20(9,10)15(2,3)4/h14H,1,11-12H2,2-10H3/t14-/m1/s1. The molecule has 0 saturated carbocycles. The highest BCUT2D eigenvalue weighted by Gasteiger charge is 2.38. The zero-order valence-electron chi connectivity index (χ0n) is 14.9. The Morgan fingerprint density at radius 2 is 1.60 bits per heavy atom. The van der Waals surface area contributed by atoms with Gasteiger partial charge in [-0.25, -0.2) is 0 Å². The van der Waals surface area contributed by atoms with Crippen LogP contribution < -0.4 is 0 Å². The first kappa shape index (κ1) is 19.9. The van der Waals surface area contributed by atoms with Crippen molar-refractivity contribution < 1.29 is 13.6 Å². The molecule has 0 aromatic heterocycles. The zero-order valence-corrected chi connectivity index (χ0v) is 16.9. The van der Waals surface area contributed by atoms with Crippen molar-refractivity contribution in [1.29, 1.82) is 0 Å². The molecule has 0 unspecified atom stereocenters. The van der Waals surface area contributed by atoms with Gasteiger partial charge in [-0.3, -0.25) is 0 Å². The summed E-state index contributed by atoms with van der Waals surface area (Å²) in [5, 5.41) is 0.217. The van der Waals surface area contributed by atoms with Gasteiger partial charge < -0.3 is 13.6 Å². The SMILES string of the molecule is C=C(C[C@H](CO[Si](C)(C)C(C)(C)C)O[Si](C)(C)C)OC. The lowest BCUT2D eigenvalue weighted by atomic mass is 10.2. The van der Waals surface area contributed by atoms with E-state index in [0.717, 1.165) is 5.76 Å². The average Bonchev–Trinajstić information content (AvgIpc) is 2.22. The molecular formula is C15H34O3Si2. The van der Waals surface area contributed by atoms with Crippen LogP contribution in [0.15, 0.2) is 12.3 Å². The number of hydrogen-bond acceptors (Lipinski definition) is 3. The summed E-state index contributed by atoms with van der Waals surface area (Å²) in [5.41, 5.74) is 0. The van der Waals surface area contributed by atoms with Crippen LogP contribution in [0.2, 0.25) is 37.8 Å². The molecule has 0 aliphatic carbocycles. The lowest BCUT2D eigenvalue weighted by Crippen LogP contribution is -2.44. The molecule has 20 heavy (non-hydrogen) atoms. The van der Waals surface area contributed by atoms with Gasteiger partial charge in [0.15, 0.2) is 16.6 Å². The molecule has 0 radical (unpaired) electrons. The minimum Gasteiger partial charge on any atom is -0.502 e. The summed E-state index contributed by atoms with van der Waals surface area (Å²) in [5.74, 6) is 0.757. The van der Waals surface area contributed by atoms with Gasteiger partial charge in [-0.05, 0) is 37.8 Å². The van der Waals surface area contributed by atoms with Crippen LogP contribution in [-0.2, 0) is 13.6 Å². The number of ether oxygens (including phenoxy) is 1. The van der Waals surface area contributed by atoms with Crippen LogP contribution in [0.5, 0.6) is 0 Å². The molecule has 0 fully saturated rings. The summed E-state index contributed by atoms with van der Waals surface area (Å²) in [7, 11) is -1.69. The number of rotatable bonds is 8. The highest BCUT2D eigenvalue weighted by Crippen LogP contribution is 2.36. The summed E-state index contributed by atoms with van der Waals surface area (Å²) in [6.45, 7) is 22.4. The molecule has 0 rings (SSSR count). The fourth-order valence-electron chi connectivity index (χ4n) is 1.49. The topological polar surface area (TPSA) is 27.7 Å². The van der Waals surface area contributed by atoms with Crippen LogP contribution in [0.3, 0.4) is 0 Å². The van der Waals surface area contributed by atoms with Gasteiger partial charge in [-0.1, -0.05) is 27.4 Å². The predicted molar refractivity (Wildman–Crippen MR) is 92.1 cm³/mol. The number of hydrogen-bond donors (Lipinski definition) is 0. The van der Waals surface area contributed by atoms with Gasteiger partial charge >= 0.3 is 0 Å². The Hall–Kier alpha value is -0.106. The Balaban J connectivity index is 4.70. The van der Waals surface area contributed by atoms with E-state index in [4.69, 9.17) is 13.6 Å². The molecular weight excluding hydrogens is 284 g/mol. The molecule has 0 heterocycles. The Morgan fingerprint density at radius 1 is 1.10 bits per heavy atom. The second kappa shape index (κ2) is 7.25. The van der Waals surface area contributed by atoms with Crippen molar-refractivity contribution in [2.45, 2.75) is 71.1 Å². The third kappa shape index (κ3) is 7.62. The summed E-state index contributed by atoms with van der Waals surface area (Å²) in [6.07, 6.45) is 0.748. The van der Waals surface area contributed by atoms with Crippen molar-refractivity contribution in [2.24, 2.45) is 0 Å². The smallest absolute Gasteiger partial charge is 0.192 e. The van der Waals surface area contributed by atoms with Crippen LogP contribution >= 0.6 is 0 Å². The highest BCUT2D eigenvalue weighted by molar-refractivity contribution is 6.74. The van der Waals surface area contributed by atoms with Gasteiger partial charge in [-0.15, -0.1) is 0 Å². The first-order valence-electron chi connectivity index (χ1n) is 7.32. The maximum atomic E-state index is 6.29. The van der Waals surface area contributed by atoms with Crippen molar-refractivity contribution in [2.75, 3.05) is 13.7 Å². The van der Waals surface area contributed by atoms with E-state index in [0.29, 0.717) is 13.0 Å². The molecule has 3 nitrogen and oxygen atoms in total. The molecule has 5 heteroatoms. The Labute approximate surface area is 128 Å². The molecule has 0 aliphatic rings. The third-order valence-electron chi connectivity index (χ3n) is 3.70. The first-order valence-corrected chi connectivity index (χ1v) is 13.6. The average molecular weight is 319 g/mol. The van der Waals surface area contributed by atoms with Gasteiger partial charge in [0.05, 0.1) is 25.6 Å². The predicted octanol–water partition coefficient (Wildman–Crippen LogP) is 4.78. The van der Waals surface area contributed by atoms with Gasteiger partial charge in [0.25, 0.3) is 0 Å². The first-order chi connectivity index (χ1) is 8.78. The summed E-state index contributed by atoms with van der Waals surface area (Å²) >= 11 is 0. The molecule has 120 valence electrons. The van der Waals surface area contributed by atoms with Gasteiger partial charge in [0, 0.05) is 6.42 Å². The quantitative estimate of drug-likeness (QED) is 0.476. The molecule has 0 aliphatic heterocycles. The van der Waals surface area contributed by atoms with E-state index in [1.54, 1.807) is 7.11 Å². The lowest BCUT2D eigenvalue weighted by Gasteiger charge is -2.38. The van der Waals surface area contributed by atoms with Crippen LogP contribution in [-0.4, -0.2) is 36.5 Å². The summed E-state index contributed by atoms with van der Waals surface area (Å²) < 4.78 is 17.7. The molecule has 1 atom stereocenters. The lowest BCUT2D eigenvalue weighted by molar-refractivity contribution is 0.100. The zero-order chi connectivity index (χ0) is 16.2. The van der Waals surface area contributed by atoms with Crippen molar-refractivity contribution >= 4 is 16.6 Å². The molecule has 0 aromatic rings.